The molecule has 1 fully saturated rings. The van der Waals surface area contributed by atoms with Crippen molar-refractivity contribution >= 4 is 5.97 Å². The molecule has 1 heterocycles. The molecule has 0 amide bonds. The Morgan fingerprint density at radius 3 is 2.72 bits per heavy atom. The first-order valence-electron chi connectivity index (χ1n) is 6.60. The van der Waals surface area contributed by atoms with Crippen molar-refractivity contribution in [3.8, 4) is 0 Å². The molecule has 3 nitrogen and oxygen atoms in total. The Morgan fingerprint density at radius 1 is 1.39 bits per heavy atom. The Hall–Kier alpha value is -1.35. The Balaban J connectivity index is 2.36. The summed E-state index contributed by atoms with van der Waals surface area (Å²) in [5.74, 6) is -0.0808. The minimum atomic E-state index is -0.482. The van der Waals surface area contributed by atoms with Crippen LogP contribution in [0.5, 0.6) is 0 Å². The average molecular weight is 247 g/mol. The first-order valence-corrected chi connectivity index (χ1v) is 6.60. The highest BCUT2D eigenvalue weighted by Gasteiger charge is 2.44. The van der Waals surface area contributed by atoms with E-state index in [1.54, 1.807) is 0 Å². The number of carbonyl (C=O) groups excluding carboxylic acids is 1. The second kappa shape index (κ2) is 5.53. The lowest BCUT2D eigenvalue weighted by Crippen LogP contribution is -2.50. The second-order valence-corrected chi connectivity index (χ2v) is 5.01. The van der Waals surface area contributed by atoms with Crippen LogP contribution in [-0.4, -0.2) is 37.6 Å². The highest BCUT2D eigenvalue weighted by atomic mass is 16.5. The summed E-state index contributed by atoms with van der Waals surface area (Å²) in [5.41, 5.74) is 0.597. The van der Waals surface area contributed by atoms with Crippen molar-refractivity contribution in [1.82, 2.24) is 4.90 Å². The number of benzene rings is 1. The van der Waals surface area contributed by atoms with Gasteiger partial charge in [-0.15, -0.1) is 0 Å². The molecule has 0 unspecified atom stereocenters. The third-order valence-electron chi connectivity index (χ3n) is 3.68. The minimum absolute atomic E-state index is 0.0808. The number of nitrogens with zero attached hydrogens (tertiary/aromatic N) is 1. The maximum atomic E-state index is 12.4. The van der Waals surface area contributed by atoms with Gasteiger partial charge in [-0.2, -0.15) is 0 Å². The van der Waals surface area contributed by atoms with E-state index in [1.165, 1.54) is 0 Å². The standard InChI is InChI=1S/C15H21NO2/c1-3-18-14(17)15(10-7-11-16(2)12-15)13-8-5-4-6-9-13/h4-6,8-9H,3,7,10-12H2,1-2H3/t15-/m1/s1. The van der Waals surface area contributed by atoms with Gasteiger partial charge in [-0.05, 0) is 38.9 Å². The van der Waals surface area contributed by atoms with Crippen molar-refractivity contribution in [2.75, 3.05) is 26.7 Å². The van der Waals surface area contributed by atoms with Gasteiger partial charge >= 0.3 is 5.97 Å². The van der Waals surface area contributed by atoms with Crippen LogP contribution in [0, 0.1) is 0 Å². The van der Waals surface area contributed by atoms with Gasteiger partial charge in [-0.25, -0.2) is 0 Å². The summed E-state index contributed by atoms with van der Waals surface area (Å²) in [7, 11) is 2.07. The van der Waals surface area contributed by atoms with Crippen molar-refractivity contribution < 1.29 is 9.53 Å². The van der Waals surface area contributed by atoms with E-state index < -0.39 is 5.41 Å². The number of hydrogen-bond acceptors (Lipinski definition) is 3. The van der Waals surface area contributed by atoms with Crippen LogP contribution in [-0.2, 0) is 14.9 Å². The molecule has 0 aliphatic carbocycles. The molecule has 0 N–H and O–H groups in total. The van der Waals surface area contributed by atoms with Gasteiger partial charge in [0.25, 0.3) is 0 Å². The molecule has 18 heavy (non-hydrogen) atoms. The van der Waals surface area contributed by atoms with Crippen LogP contribution < -0.4 is 0 Å². The van der Waals surface area contributed by atoms with Gasteiger partial charge in [-0.1, -0.05) is 30.3 Å². The largest absolute Gasteiger partial charge is 0.465 e. The molecule has 1 aliphatic heterocycles. The van der Waals surface area contributed by atoms with Crippen LogP contribution in [0.1, 0.15) is 25.3 Å². The second-order valence-electron chi connectivity index (χ2n) is 5.01. The van der Waals surface area contributed by atoms with Gasteiger partial charge in [-0.3, -0.25) is 4.79 Å². The van der Waals surface area contributed by atoms with Crippen molar-refractivity contribution in [3.63, 3.8) is 0 Å². The Labute approximate surface area is 109 Å². The number of likely N-dealkylation sites (N-methyl/N-ethyl adjacent to an activating group) is 1. The van der Waals surface area contributed by atoms with E-state index in [9.17, 15) is 4.79 Å². The maximum absolute atomic E-state index is 12.4. The zero-order valence-electron chi connectivity index (χ0n) is 11.2. The van der Waals surface area contributed by atoms with Gasteiger partial charge in [0.2, 0.25) is 0 Å². The van der Waals surface area contributed by atoms with Crippen LogP contribution in [0.15, 0.2) is 30.3 Å². The summed E-state index contributed by atoms with van der Waals surface area (Å²) in [4.78, 5) is 14.6. The number of piperidine rings is 1. The molecule has 1 aliphatic rings. The summed E-state index contributed by atoms with van der Waals surface area (Å²) in [5, 5.41) is 0. The molecule has 1 aromatic rings. The fourth-order valence-electron chi connectivity index (χ4n) is 2.82. The van der Waals surface area contributed by atoms with Crippen molar-refractivity contribution in [3.05, 3.63) is 35.9 Å². The number of rotatable bonds is 3. The number of ether oxygens (including phenoxy) is 1. The number of hydrogen-bond donors (Lipinski definition) is 0. The van der Waals surface area contributed by atoms with Crippen LogP contribution in [0.4, 0.5) is 0 Å². The van der Waals surface area contributed by atoms with E-state index >= 15 is 0 Å². The molecule has 0 saturated carbocycles. The molecule has 1 aromatic carbocycles. The Morgan fingerprint density at radius 2 is 2.11 bits per heavy atom. The highest BCUT2D eigenvalue weighted by molar-refractivity contribution is 5.83. The number of likely N-dealkylation sites (tertiary alicyclic amines) is 1. The molecule has 1 atom stereocenters. The van der Waals surface area contributed by atoms with Crippen LogP contribution in [0.3, 0.4) is 0 Å². The van der Waals surface area contributed by atoms with E-state index in [-0.39, 0.29) is 5.97 Å². The molecule has 0 spiro atoms. The first-order chi connectivity index (χ1) is 8.69. The zero-order valence-corrected chi connectivity index (χ0v) is 11.2. The van der Waals surface area contributed by atoms with Gasteiger partial charge < -0.3 is 9.64 Å². The van der Waals surface area contributed by atoms with Crippen LogP contribution >= 0.6 is 0 Å². The summed E-state index contributed by atoms with van der Waals surface area (Å²) < 4.78 is 5.32. The predicted molar refractivity (Wildman–Crippen MR) is 71.5 cm³/mol. The normalized spacial score (nSPS) is 24.8. The Bertz CT molecular complexity index is 404. The van der Waals surface area contributed by atoms with E-state index in [2.05, 4.69) is 11.9 Å². The smallest absolute Gasteiger partial charge is 0.317 e. The summed E-state index contributed by atoms with van der Waals surface area (Å²) in [6, 6.07) is 10.0. The molecule has 2 rings (SSSR count). The van der Waals surface area contributed by atoms with E-state index in [0.29, 0.717) is 6.61 Å². The SMILES string of the molecule is CCOC(=O)[C@]1(c2ccccc2)CCCN(C)C1. The molecular formula is C15H21NO2. The van der Waals surface area contributed by atoms with E-state index in [1.807, 2.05) is 37.3 Å². The van der Waals surface area contributed by atoms with Gasteiger partial charge in [0.15, 0.2) is 0 Å². The third-order valence-corrected chi connectivity index (χ3v) is 3.68. The molecule has 0 aromatic heterocycles. The predicted octanol–water partition coefficient (Wildman–Crippen LogP) is 2.21. The van der Waals surface area contributed by atoms with Crippen molar-refractivity contribution in [2.45, 2.75) is 25.2 Å². The van der Waals surface area contributed by atoms with Crippen LogP contribution in [0.25, 0.3) is 0 Å². The lowest BCUT2D eigenvalue weighted by Gasteiger charge is -2.39. The topological polar surface area (TPSA) is 29.5 Å². The Kier molecular flexibility index (Phi) is 4.02. The minimum Gasteiger partial charge on any atom is -0.465 e. The third kappa shape index (κ3) is 2.41. The summed E-state index contributed by atoms with van der Waals surface area (Å²) >= 11 is 0. The van der Waals surface area contributed by atoms with Gasteiger partial charge in [0.1, 0.15) is 5.41 Å². The molecule has 0 bridgehead atoms. The highest BCUT2D eigenvalue weighted by Crippen LogP contribution is 2.35. The fourth-order valence-corrected chi connectivity index (χ4v) is 2.82. The quantitative estimate of drug-likeness (QED) is 0.767. The first kappa shape index (κ1) is 13.1. The zero-order chi connectivity index (χ0) is 13.0. The lowest BCUT2D eigenvalue weighted by molar-refractivity contribution is -0.152. The summed E-state index contributed by atoms with van der Waals surface area (Å²) in [6.45, 7) is 4.10. The number of carbonyl (C=O) groups is 1. The van der Waals surface area contributed by atoms with Crippen LogP contribution in [0.2, 0.25) is 0 Å². The van der Waals surface area contributed by atoms with Crippen molar-refractivity contribution in [1.29, 1.82) is 0 Å². The molecule has 3 heteroatoms. The van der Waals surface area contributed by atoms with Gasteiger partial charge in [0, 0.05) is 6.54 Å². The van der Waals surface area contributed by atoms with Gasteiger partial charge in [0.05, 0.1) is 6.61 Å². The average Bonchev–Trinajstić information content (AvgIpc) is 2.40. The molecule has 0 radical (unpaired) electrons. The van der Waals surface area contributed by atoms with Crippen molar-refractivity contribution in [2.24, 2.45) is 0 Å². The van der Waals surface area contributed by atoms with E-state index in [4.69, 9.17) is 4.74 Å². The van der Waals surface area contributed by atoms with E-state index in [0.717, 1.165) is 31.5 Å². The summed E-state index contributed by atoms with van der Waals surface area (Å²) in [6.07, 6.45) is 1.91. The molecule has 1 saturated heterocycles. The lowest BCUT2D eigenvalue weighted by atomic mass is 9.74. The fraction of sp³-hybridized carbons (Fsp3) is 0.533. The monoisotopic (exact) mass is 247 g/mol. The molecule has 98 valence electrons. The molecular weight excluding hydrogens is 226 g/mol. The maximum Gasteiger partial charge on any atom is 0.317 e. The number of esters is 1.